The van der Waals surface area contributed by atoms with E-state index in [1.165, 1.54) is 0 Å². The first-order valence-corrected chi connectivity index (χ1v) is 6.57. The number of ether oxygens (including phenoxy) is 1. The van der Waals surface area contributed by atoms with Crippen LogP contribution in [0.15, 0.2) is 40.2 Å². The topological polar surface area (TPSA) is 73.5 Å². The maximum atomic E-state index is 11.9. The first-order chi connectivity index (χ1) is 9.84. The molecule has 3 rings (SSSR count). The third-order valence-electron chi connectivity index (χ3n) is 3.22. The fourth-order valence-electron chi connectivity index (χ4n) is 2.13. The van der Waals surface area contributed by atoms with Gasteiger partial charge in [-0.05, 0) is 0 Å². The summed E-state index contributed by atoms with van der Waals surface area (Å²) >= 11 is 0. The zero-order valence-corrected chi connectivity index (χ0v) is 11.0. The van der Waals surface area contributed by atoms with Crippen molar-refractivity contribution < 1.29 is 4.74 Å². The Kier molecular flexibility index (Phi) is 3.64. The number of rotatable bonds is 3. The van der Waals surface area contributed by atoms with Gasteiger partial charge in [-0.15, -0.1) is 0 Å². The van der Waals surface area contributed by atoms with Gasteiger partial charge in [0.05, 0.1) is 43.8 Å². The standard InChI is InChI=1S/C14H16N4O2/c19-14-12(10-15-18-6-8-20-9-7-18)13(16-17-14)11-4-2-1-3-5-11/h1-5,10H,6-9H2,(H2,16,17,19). The molecule has 104 valence electrons. The van der Waals surface area contributed by atoms with Gasteiger partial charge in [0.25, 0.3) is 5.56 Å². The monoisotopic (exact) mass is 272 g/mol. The highest BCUT2D eigenvalue weighted by molar-refractivity contribution is 5.88. The van der Waals surface area contributed by atoms with Crippen LogP contribution in [0.5, 0.6) is 0 Å². The SMILES string of the molecule is O=c1[nH][nH]c(-c2ccccc2)c1C=NN1CCOCC1. The Morgan fingerprint density at radius 3 is 2.65 bits per heavy atom. The molecule has 20 heavy (non-hydrogen) atoms. The molecule has 0 spiro atoms. The smallest absolute Gasteiger partial charge is 0.273 e. The van der Waals surface area contributed by atoms with Crippen molar-refractivity contribution in [1.82, 2.24) is 15.2 Å². The Morgan fingerprint density at radius 1 is 1.15 bits per heavy atom. The molecule has 1 aliphatic heterocycles. The molecule has 0 bridgehead atoms. The van der Waals surface area contributed by atoms with Crippen LogP contribution in [0.1, 0.15) is 5.56 Å². The van der Waals surface area contributed by atoms with Crippen molar-refractivity contribution in [2.24, 2.45) is 5.10 Å². The van der Waals surface area contributed by atoms with Gasteiger partial charge in [-0.1, -0.05) is 30.3 Å². The average molecular weight is 272 g/mol. The zero-order chi connectivity index (χ0) is 13.8. The molecule has 0 saturated carbocycles. The molecular formula is C14H16N4O2. The minimum Gasteiger partial charge on any atom is -0.378 e. The second kappa shape index (κ2) is 5.75. The minimum atomic E-state index is -0.166. The number of nitrogens with one attached hydrogen (secondary N) is 2. The quantitative estimate of drug-likeness (QED) is 0.820. The van der Waals surface area contributed by atoms with E-state index in [0.717, 1.165) is 24.3 Å². The van der Waals surface area contributed by atoms with Crippen molar-refractivity contribution in [2.75, 3.05) is 26.3 Å². The van der Waals surface area contributed by atoms with Gasteiger partial charge in [0.15, 0.2) is 0 Å². The summed E-state index contributed by atoms with van der Waals surface area (Å²) in [5.74, 6) is 0. The van der Waals surface area contributed by atoms with Crippen LogP contribution in [0.4, 0.5) is 0 Å². The van der Waals surface area contributed by atoms with Crippen LogP contribution in [0, 0.1) is 0 Å². The number of nitrogens with zero attached hydrogens (tertiary/aromatic N) is 2. The summed E-state index contributed by atoms with van der Waals surface area (Å²) in [6, 6.07) is 9.71. The van der Waals surface area contributed by atoms with Gasteiger partial charge in [0.2, 0.25) is 0 Å². The summed E-state index contributed by atoms with van der Waals surface area (Å²) in [6.07, 6.45) is 1.61. The van der Waals surface area contributed by atoms with Crippen molar-refractivity contribution in [3.8, 4) is 11.3 Å². The van der Waals surface area contributed by atoms with Crippen LogP contribution in [0.2, 0.25) is 0 Å². The van der Waals surface area contributed by atoms with E-state index in [1.807, 2.05) is 35.3 Å². The van der Waals surface area contributed by atoms with Crippen LogP contribution in [0.25, 0.3) is 11.3 Å². The summed E-state index contributed by atoms with van der Waals surface area (Å²) in [4.78, 5) is 11.9. The van der Waals surface area contributed by atoms with E-state index in [9.17, 15) is 4.79 Å². The van der Waals surface area contributed by atoms with Crippen molar-refractivity contribution >= 4 is 6.21 Å². The van der Waals surface area contributed by atoms with Gasteiger partial charge in [0, 0.05) is 5.56 Å². The van der Waals surface area contributed by atoms with E-state index in [4.69, 9.17) is 4.74 Å². The van der Waals surface area contributed by atoms with Gasteiger partial charge in [-0.25, -0.2) is 0 Å². The molecule has 1 fully saturated rings. The number of aromatic amines is 2. The molecule has 6 nitrogen and oxygen atoms in total. The number of morpholine rings is 1. The zero-order valence-electron chi connectivity index (χ0n) is 11.0. The number of H-pyrrole nitrogens is 2. The number of aromatic nitrogens is 2. The molecule has 2 N–H and O–H groups in total. The molecule has 1 aliphatic rings. The van der Waals surface area contributed by atoms with E-state index < -0.39 is 0 Å². The molecule has 1 aromatic carbocycles. The largest absolute Gasteiger partial charge is 0.378 e. The second-order valence-electron chi connectivity index (χ2n) is 4.54. The molecule has 1 saturated heterocycles. The molecule has 2 aromatic rings. The lowest BCUT2D eigenvalue weighted by Gasteiger charge is -2.23. The van der Waals surface area contributed by atoms with Crippen LogP contribution in [-0.2, 0) is 4.74 Å². The van der Waals surface area contributed by atoms with Crippen molar-refractivity contribution in [3.05, 3.63) is 46.2 Å². The predicted octanol–water partition coefficient (Wildman–Crippen LogP) is 1.04. The fraction of sp³-hybridized carbons (Fsp3) is 0.286. The highest BCUT2D eigenvalue weighted by Gasteiger charge is 2.11. The first-order valence-electron chi connectivity index (χ1n) is 6.57. The maximum Gasteiger partial charge on any atom is 0.273 e. The predicted molar refractivity (Wildman–Crippen MR) is 76.8 cm³/mol. The van der Waals surface area contributed by atoms with Crippen molar-refractivity contribution in [3.63, 3.8) is 0 Å². The average Bonchev–Trinajstić information content (AvgIpc) is 2.88. The fourth-order valence-corrected chi connectivity index (χ4v) is 2.13. The molecule has 6 heteroatoms. The molecule has 1 aromatic heterocycles. The molecule has 2 heterocycles. The van der Waals surface area contributed by atoms with E-state index in [0.29, 0.717) is 18.8 Å². The van der Waals surface area contributed by atoms with Crippen molar-refractivity contribution in [2.45, 2.75) is 0 Å². The Morgan fingerprint density at radius 2 is 1.90 bits per heavy atom. The van der Waals surface area contributed by atoms with Gasteiger partial charge in [0.1, 0.15) is 0 Å². The highest BCUT2D eigenvalue weighted by atomic mass is 16.5. The van der Waals surface area contributed by atoms with Crippen LogP contribution < -0.4 is 5.56 Å². The normalized spacial score (nSPS) is 15.9. The maximum absolute atomic E-state index is 11.9. The third-order valence-corrected chi connectivity index (χ3v) is 3.22. The molecule has 0 amide bonds. The van der Waals surface area contributed by atoms with Crippen LogP contribution >= 0.6 is 0 Å². The van der Waals surface area contributed by atoms with E-state index in [-0.39, 0.29) is 5.56 Å². The lowest BCUT2D eigenvalue weighted by molar-refractivity contribution is 0.0397. The number of hydrogen-bond donors (Lipinski definition) is 2. The van der Waals surface area contributed by atoms with Gasteiger partial charge >= 0.3 is 0 Å². The number of benzene rings is 1. The number of hydrogen-bond acceptors (Lipinski definition) is 4. The first kappa shape index (κ1) is 12.7. The van der Waals surface area contributed by atoms with Gasteiger partial charge < -0.3 is 4.74 Å². The summed E-state index contributed by atoms with van der Waals surface area (Å²) in [7, 11) is 0. The van der Waals surface area contributed by atoms with Crippen molar-refractivity contribution in [1.29, 1.82) is 0 Å². The van der Waals surface area contributed by atoms with E-state index in [1.54, 1.807) is 6.21 Å². The lowest BCUT2D eigenvalue weighted by Crippen LogP contribution is -2.32. The lowest BCUT2D eigenvalue weighted by atomic mass is 10.1. The Hall–Kier alpha value is -2.34. The highest BCUT2D eigenvalue weighted by Crippen LogP contribution is 2.17. The molecule has 0 atom stereocenters. The Balaban J connectivity index is 1.88. The molecule has 0 radical (unpaired) electrons. The molecule has 0 aliphatic carbocycles. The van der Waals surface area contributed by atoms with Gasteiger partial charge in [-0.3, -0.25) is 20.0 Å². The van der Waals surface area contributed by atoms with E-state index in [2.05, 4.69) is 15.3 Å². The molecule has 0 unspecified atom stereocenters. The summed E-state index contributed by atoms with van der Waals surface area (Å²) in [5, 5.41) is 11.8. The van der Waals surface area contributed by atoms with Crippen LogP contribution in [0.3, 0.4) is 0 Å². The minimum absolute atomic E-state index is 0.166. The molecular weight excluding hydrogens is 256 g/mol. The summed E-state index contributed by atoms with van der Waals surface area (Å²) in [6.45, 7) is 2.84. The second-order valence-corrected chi connectivity index (χ2v) is 4.54. The van der Waals surface area contributed by atoms with Crippen LogP contribution in [-0.4, -0.2) is 47.7 Å². The third kappa shape index (κ3) is 2.65. The van der Waals surface area contributed by atoms with E-state index >= 15 is 0 Å². The number of hydrazone groups is 1. The Bertz CT molecular complexity index is 639. The Labute approximate surface area is 116 Å². The van der Waals surface area contributed by atoms with Gasteiger partial charge in [-0.2, -0.15) is 5.10 Å². The summed E-state index contributed by atoms with van der Waals surface area (Å²) < 4.78 is 5.26. The summed E-state index contributed by atoms with van der Waals surface area (Å²) in [5.41, 5.74) is 2.09.